The van der Waals surface area contributed by atoms with Gasteiger partial charge in [-0.15, -0.1) is 11.3 Å². The van der Waals surface area contributed by atoms with Crippen LogP contribution in [0.25, 0.3) is 21.7 Å². The number of rotatable bonds is 18. The quantitative estimate of drug-likeness (QED) is 0.175. The fraction of sp³-hybridized carbons (Fsp3) is 0.621. The molecule has 0 saturated heterocycles. The Bertz CT molecular complexity index is 849. The van der Waals surface area contributed by atoms with Gasteiger partial charge in [0.05, 0.1) is 15.9 Å². The average Bonchev–Trinajstić information content (AvgIpc) is 3.47. The smallest absolute Gasteiger partial charge is 0.151 e. The summed E-state index contributed by atoms with van der Waals surface area (Å²) in [6, 6.07) is 12.9. The number of unbranched alkanes of at least 4 members (excludes halogenated alkanes) is 15. The topological polar surface area (TPSA) is 17.8 Å². The minimum Gasteiger partial charge on any atom is -0.323 e. The number of hydrogen-bond donors (Lipinski definition) is 0. The van der Waals surface area contributed by atoms with Crippen LogP contribution in [0.4, 0.5) is 0 Å². The van der Waals surface area contributed by atoms with Crippen molar-refractivity contribution in [1.82, 2.24) is 9.55 Å². The van der Waals surface area contributed by atoms with E-state index < -0.39 is 0 Å². The zero-order chi connectivity index (χ0) is 22.3. The third kappa shape index (κ3) is 8.39. The SMILES string of the molecule is CCCCCCCCCCCCCCCCCCn1c(-c2cccs2)nc2ccccc21. The molecule has 0 unspecified atom stereocenters. The van der Waals surface area contributed by atoms with Gasteiger partial charge < -0.3 is 4.57 Å². The maximum atomic E-state index is 4.92. The summed E-state index contributed by atoms with van der Waals surface area (Å²) in [5.41, 5.74) is 2.39. The van der Waals surface area contributed by atoms with E-state index in [0.29, 0.717) is 0 Å². The van der Waals surface area contributed by atoms with Gasteiger partial charge in [0.2, 0.25) is 0 Å². The van der Waals surface area contributed by atoms with Crippen LogP contribution >= 0.6 is 11.3 Å². The zero-order valence-electron chi connectivity index (χ0n) is 20.4. The Morgan fingerprint density at radius 3 is 1.78 bits per heavy atom. The number of aryl methyl sites for hydroxylation is 1. The van der Waals surface area contributed by atoms with E-state index in [-0.39, 0.29) is 0 Å². The number of para-hydroxylation sites is 2. The molecule has 0 aliphatic rings. The number of thiophene rings is 1. The van der Waals surface area contributed by atoms with Crippen LogP contribution in [-0.2, 0) is 6.54 Å². The molecule has 3 heteroatoms. The van der Waals surface area contributed by atoms with Crippen molar-refractivity contribution >= 4 is 22.4 Å². The van der Waals surface area contributed by atoms with Crippen LogP contribution in [0.2, 0.25) is 0 Å². The van der Waals surface area contributed by atoms with Crippen molar-refractivity contribution in [3.63, 3.8) is 0 Å². The molecular weight excluding hydrogens is 408 g/mol. The van der Waals surface area contributed by atoms with Gasteiger partial charge in [-0.25, -0.2) is 4.98 Å². The first kappa shape index (κ1) is 25.0. The lowest BCUT2D eigenvalue weighted by molar-refractivity contribution is 0.523. The molecule has 3 rings (SSSR count). The zero-order valence-corrected chi connectivity index (χ0v) is 21.2. The molecule has 0 radical (unpaired) electrons. The third-order valence-electron chi connectivity index (χ3n) is 6.63. The lowest BCUT2D eigenvalue weighted by Gasteiger charge is -2.08. The van der Waals surface area contributed by atoms with Gasteiger partial charge in [-0.1, -0.05) is 121 Å². The minimum absolute atomic E-state index is 1.08. The summed E-state index contributed by atoms with van der Waals surface area (Å²) in [5, 5.41) is 2.15. The fourth-order valence-electron chi connectivity index (χ4n) is 4.71. The molecule has 0 amide bonds. The number of benzene rings is 1. The molecule has 32 heavy (non-hydrogen) atoms. The van der Waals surface area contributed by atoms with E-state index in [2.05, 4.69) is 53.3 Å². The first-order valence-electron chi connectivity index (χ1n) is 13.4. The number of fused-ring (bicyclic) bond motifs is 1. The molecule has 0 aliphatic heterocycles. The first-order valence-corrected chi connectivity index (χ1v) is 14.3. The molecule has 3 aromatic rings. The first-order chi connectivity index (χ1) is 15.9. The molecule has 0 spiro atoms. The standard InChI is InChI=1S/C29H44N2S/c1-2-3-4-5-6-7-8-9-10-11-12-13-14-15-16-19-24-31-27-22-18-17-21-26(27)30-29(31)28-23-20-25-32-28/h17-18,20-23,25H,2-16,19,24H2,1H3. The predicted molar refractivity (Wildman–Crippen MR) is 143 cm³/mol. The Labute approximate surface area is 200 Å². The molecule has 0 saturated carbocycles. The molecule has 0 N–H and O–H groups in total. The van der Waals surface area contributed by atoms with Gasteiger partial charge >= 0.3 is 0 Å². The molecule has 2 heterocycles. The van der Waals surface area contributed by atoms with Crippen molar-refractivity contribution in [2.75, 3.05) is 0 Å². The van der Waals surface area contributed by atoms with Crippen molar-refractivity contribution in [1.29, 1.82) is 0 Å². The fourth-order valence-corrected chi connectivity index (χ4v) is 5.44. The van der Waals surface area contributed by atoms with Crippen molar-refractivity contribution in [2.45, 2.75) is 116 Å². The van der Waals surface area contributed by atoms with E-state index in [1.807, 2.05) is 0 Å². The van der Waals surface area contributed by atoms with Crippen molar-refractivity contribution in [3.8, 4) is 10.7 Å². The van der Waals surface area contributed by atoms with Crippen molar-refractivity contribution < 1.29 is 0 Å². The van der Waals surface area contributed by atoms with Gasteiger partial charge in [0.1, 0.15) is 0 Å². The summed E-state index contributed by atoms with van der Waals surface area (Å²) < 4.78 is 2.44. The van der Waals surface area contributed by atoms with Crippen LogP contribution in [0.3, 0.4) is 0 Å². The second-order valence-corrected chi connectivity index (χ2v) is 10.3. The summed E-state index contributed by atoms with van der Waals surface area (Å²) in [6.45, 7) is 3.37. The van der Waals surface area contributed by atoms with E-state index in [1.165, 1.54) is 113 Å². The highest BCUT2D eigenvalue weighted by atomic mass is 32.1. The van der Waals surface area contributed by atoms with Gasteiger partial charge in [-0.2, -0.15) is 0 Å². The van der Waals surface area contributed by atoms with Crippen LogP contribution in [0, 0.1) is 0 Å². The van der Waals surface area contributed by atoms with E-state index in [1.54, 1.807) is 11.3 Å². The molecular formula is C29H44N2S. The summed E-state index contributed by atoms with van der Waals surface area (Å²) in [6.07, 6.45) is 22.6. The van der Waals surface area contributed by atoms with Crippen LogP contribution in [0.5, 0.6) is 0 Å². The number of hydrogen-bond acceptors (Lipinski definition) is 2. The second-order valence-electron chi connectivity index (χ2n) is 9.36. The molecule has 1 aromatic carbocycles. The summed E-state index contributed by atoms with van der Waals surface area (Å²) >= 11 is 1.79. The van der Waals surface area contributed by atoms with Gasteiger partial charge in [0.25, 0.3) is 0 Å². The normalized spacial score (nSPS) is 11.5. The van der Waals surface area contributed by atoms with E-state index in [4.69, 9.17) is 4.98 Å². The third-order valence-corrected chi connectivity index (χ3v) is 7.50. The number of aromatic nitrogens is 2. The molecule has 0 fully saturated rings. The monoisotopic (exact) mass is 452 g/mol. The van der Waals surface area contributed by atoms with E-state index in [9.17, 15) is 0 Å². The van der Waals surface area contributed by atoms with Crippen LogP contribution < -0.4 is 0 Å². The minimum atomic E-state index is 1.08. The Morgan fingerprint density at radius 1 is 0.656 bits per heavy atom. The Morgan fingerprint density at radius 2 is 1.22 bits per heavy atom. The van der Waals surface area contributed by atoms with Crippen LogP contribution in [0.1, 0.15) is 110 Å². The Balaban J connectivity index is 1.23. The predicted octanol–water partition coefficient (Wildman–Crippen LogP) is 10.0. The molecule has 2 aromatic heterocycles. The molecule has 0 atom stereocenters. The average molecular weight is 453 g/mol. The van der Waals surface area contributed by atoms with Crippen molar-refractivity contribution in [2.24, 2.45) is 0 Å². The van der Waals surface area contributed by atoms with Gasteiger partial charge in [-0.3, -0.25) is 0 Å². The lowest BCUT2D eigenvalue weighted by Crippen LogP contribution is -2.00. The number of nitrogens with zero attached hydrogens (tertiary/aromatic N) is 2. The number of imidazole rings is 1. The molecule has 0 bridgehead atoms. The summed E-state index contributed by atoms with van der Waals surface area (Å²) in [7, 11) is 0. The molecule has 2 nitrogen and oxygen atoms in total. The van der Waals surface area contributed by atoms with E-state index in [0.717, 1.165) is 17.9 Å². The van der Waals surface area contributed by atoms with Gasteiger partial charge in [0, 0.05) is 6.54 Å². The second kappa shape index (κ2) is 15.3. The maximum absolute atomic E-state index is 4.92. The Hall–Kier alpha value is -1.61. The van der Waals surface area contributed by atoms with Crippen molar-refractivity contribution in [3.05, 3.63) is 41.8 Å². The molecule has 0 aliphatic carbocycles. The van der Waals surface area contributed by atoms with Gasteiger partial charge in [-0.05, 0) is 30.0 Å². The lowest BCUT2D eigenvalue weighted by atomic mass is 10.0. The summed E-state index contributed by atoms with van der Waals surface area (Å²) in [5.74, 6) is 1.14. The van der Waals surface area contributed by atoms with Gasteiger partial charge in [0.15, 0.2) is 5.82 Å². The highest BCUT2D eigenvalue weighted by molar-refractivity contribution is 7.13. The largest absolute Gasteiger partial charge is 0.323 e. The highest BCUT2D eigenvalue weighted by Crippen LogP contribution is 2.28. The molecule has 176 valence electrons. The van der Waals surface area contributed by atoms with E-state index >= 15 is 0 Å². The Kier molecular flexibility index (Phi) is 11.9. The van der Waals surface area contributed by atoms with Crippen LogP contribution in [-0.4, -0.2) is 9.55 Å². The van der Waals surface area contributed by atoms with Crippen LogP contribution in [0.15, 0.2) is 41.8 Å². The maximum Gasteiger partial charge on any atom is 0.151 e. The summed E-state index contributed by atoms with van der Waals surface area (Å²) in [4.78, 5) is 6.20. The highest BCUT2D eigenvalue weighted by Gasteiger charge is 2.12.